The molecule has 0 saturated carbocycles. The summed E-state index contributed by atoms with van der Waals surface area (Å²) in [5, 5.41) is 0. The minimum absolute atomic E-state index is 0.390. The van der Waals surface area contributed by atoms with Crippen LogP contribution in [0.5, 0.6) is 5.75 Å². The molecule has 1 aromatic carbocycles. The monoisotopic (exact) mass is 250 g/mol. The van der Waals surface area contributed by atoms with Crippen molar-refractivity contribution in [3.05, 3.63) is 29.8 Å². The van der Waals surface area contributed by atoms with Crippen LogP contribution in [0.1, 0.15) is 23.2 Å². The van der Waals surface area contributed by atoms with Gasteiger partial charge in [-0.05, 0) is 37.1 Å². The summed E-state index contributed by atoms with van der Waals surface area (Å²) in [5.41, 5.74) is 0.411. The number of esters is 2. The van der Waals surface area contributed by atoms with Crippen LogP contribution in [0.25, 0.3) is 0 Å². The summed E-state index contributed by atoms with van der Waals surface area (Å²) < 4.78 is 14.9. The number of ether oxygens (including phenoxy) is 3. The number of hydrogen-bond donors (Lipinski definition) is 0. The molecule has 1 aliphatic heterocycles. The van der Waals surface area contributed by atoms with Gasteiger partial charge in [-0.2, -0.15) is 0 Å². The van der Waals surface area contributed by atoms with Crippen LogP contribution in [0.15, 0.2) is 24.3 Å². The highest BCUT2D eigenvalue weighted by atomic mass is 16.6. The molecule has 5 heteroatoms. The molecule has 1 fully saturated rings. The molecule has 0 amide bonds. The van der Waals surface area contributed by atoms with E-state index in [9.17, 15) is 9.59 Å². The highest BCUT2D eigenvalue weighted by Gasteiger charge is 2.25. The molecule has 5 nitrogen and oxygen atoms in total. The predicted molar refractivity (Wildman–Crippen MR) is 62.4 cm³/mol. The second kappa shape index (κ2) is 5.64. The summed E-state index contributed by atoms with van der Waals surface area (Å²) in [6.45, 7) is 0.598. The fourth-order valence-electron chi connectivity index (χ4n) is 1.72. The molecule has 96 valence electrons. The average Bonchev–Trinajstić information content (AvgIpc) is 2.92. The van der Waals surface area contributed by atoms with E-state index in [1.807, 2.05) is 0 Å². The first-order valence-corrected chi connectivity index (χ1v) is 5.72. The van der Waals surface area contributed by atoms with Crippen molar-refractivity contribution in [1.29, 1.82) is 0 Å². The van der Waals surface area contributed by atoms with Gasteiger partial charge in [0.05, 0.1) is 12.7 Å². The van der Waals surface area contributed by atoms with Crippen LogP contribution >= 0.6 is 0 Å². The van der Waals surface area contributed by atoms with Gasteiger partial charge >= 0.3 is 11.9 Å². The Kier molecular flexibility index (Phi) is 3.94. The van der Waals surface area contributed by atoms with Crippen molar-refractivity contribution in [2.75, 3.05) is 13.7 Å². The van der Waals surface area contributed by atoms with E-state index in [1.165, 1.54) is 7.11 Å². The fraction of sp³-hybridized carbons (Fsp3) is 0.385. The van der Waals surface area contributed by atoms with E-state index in [2.05, 4.69) is 4.74 Å². The number of carbonyl (C=O) groups excluding carboxylic acids is 2. The Morgan fingerprint density at radius 2 is 2.00 bits per heavy atom. The van der Waals surface area contributed by atoms with Crippen molar-refractivity contribution in [1.82, 2.24) is 0 Å². The Morgan fingerprint density at radius 3 is 2.56 bits per heavy atom. The molecule has 2 rings (SSSR count). The fourth-order valence-corrected chi connectivity index (χ4v) is 1.72. The first-order valence-electron chi connectivity index (χ1n) is 5.72. The molecule has 0 bridgehead atoms. The molecule has 1 aliphatic rings. The van der Waals surface area contributed by atoms with Gasteiger partial charge in [-0.25, -0.2) is 9.59 Å². The Labute approximate surface area is 105 Å². The molecule has 1 saturated heterocycles. The Hall–Kier alpha value is -1.88. The van der Waals surface area contributed by atoms with E-state index in [0.717, 1.165) is 6.42 Å². The summed E-state index contributed by atoms with van der Waals surface area (Å²) in [5.74, 6) is -0.423. The van der Waals surface area contributed by atoms with Gasteiger partial charge in [0.2, 0.25) is 0 Å². The highest BCUT2D eigenvalue weighted by molar-refractivity contribution is 5.89. The molecule has 0 radical (unpaired) electrons. The first kappa shape index (κ1) is 12.6. The molecule has 1 unspecified atom stereocenters. The van der Waals surface area contributed by atoms with E-state index in [0.29, 0.717) is 24.3 Å². The van der Waals surface area contributed by atoms with Crippen LogP contribution in [0, 0.1) is 0 Å². The molecule has 0 aromatic heterocycles. The van der Waals surface area contributed by atoms with Crippen LogP contribution in [-0.2, 0) is 14.3 Å². The van der Waals surface area contributed by atoms with Crippen molar-refractivity contribution < 1.29 is 23.8 Å². The lowest BCUT2D eigenvalue weighted by Gasteiger charge is -2.09. The van der Waals surface area contributed by atoms with Gasteiger partial charge in [0.1, 0.15) is 5.75 Å². The van der Waals surface area contributed by atoms with Crippen molar-refractivity contribution in [3.63, 3.8) is 0 Å². The maximum absolute atomic E-state index is 11.7. The number of benzene rings is 1. The maximum Gasteiger partial charge on any atom is 0.340 e. The number of hydrogen-bond acceptors (Lipinski definition) is 5. The summed E-state index contributed by atoms with van der Waals surface area (Å²) in [6, 6.07) is 6.20. The summed E-state index contributed by atoms with van der Waals surface area (Å²) in [4.78, 5) is 22.9. The maximum atomic E-state index is 11.7. The lowest BCUT2D eigenvalue weighted by Crippen LogP contribution is -2.24. The van der Waals surface area contributed by atoms with Crippen molar-refractivity contribution in [2.45, 2.75) is 18.9 Å². The van der Waals surface area contributed by atoms with Crippen LogP contribution in [0.3, 0.4) is 0 Å². The van der Waals surface area contributed by atoms with Crippen molar-refractivity contribution >= 4 is 11.9 Å². The van der Waals surface area contributed by atoms with Gasteiger partial charge < -0.3 is 14.2 Å². The third-order valence-electron chi connectivity index (χ3n) is 2.69. The first-order chi connectivity index (χ1) is 8.70. The minimum Gasteiger partial charge on any atom is -0.465 e. The molecule has 1 heterocycles. The number of carbonyl (C=O) groups is 2. The molecule has 0 spiro atoms. The van der Waals surface area contributed by atoms with E-state index in [-0.39, 0.29) is 0 Å². The van der Waals surface area contributed by atoms with E-state index >= 15 is 0 Å². The molecule has 0 N–H and O–H groups in total. The van der Waals surface area contributed by atoms with Crippen molar-refractivity contribution in [3.8, 4) is 5.75 Å². The SMILES string of the molecule is COC(=O)c1ccc(OC(=O)C2CCCO2)cc1. The second-order valence-electron chi connectivity index (χ2n) is 3.94. The number of methoxy groups -OCH3 is 1. The van der Waals surface area contributed by atoms with Gasteiger partial charge in [-0.1, -0.05) is 0 Å². The summed E-state index contributed by atoms with van der Waals surface area (Å²) >= 11 is 0. The van der Waals surface area contributed by atoms with Crippen LogP contribution in [0.4, 0.5) is 0 Å². The van der Waals surface area contributed by atoms with Gasteiger partial charge in [0.25, 0.3) is 0 Å². The number of rotatable bonds is 3. The molecule has 1 aromatic rings. The zero-order valence-electron chi connectivity index (χ0n) is 10.0. The summed E-state index contributed by atoms with van der Waals surface area (Å²) in [7, 11) is 1.31. The molecular weight excluding hydrogens is 236 g/mol. The van der Waals surface area contributed by atoms with Gasteiger partial charge in [0.15, 0.2) is 6.10 Å². The van der Waals surface area contributed by atoms with Crippen LogP contribution < -0.4 is 4.74 Å². The quantitative estimate of drug-likeness (QED) is 0.601. The lowest BCUT2D eigenvalue weighted by atomic mass is 10.2. The topological polar surface area (TPSA) is 61.8 Å². The van der Waals surface area contributed by atoms with Crippen LogP contribution in [0.2, 0.25) is 0 Å². The Morgan fingerprint density at radius 1 is 1.28 bits per heavy atom. The van der Waals surface area contributed by atoms with E-state index in [1.54, 1.807) is 24.3 Å². The third-order valence-corrected chi connectivity index (χ3v) is 2.69. The average molecular weight is 250 g/mol. The summed E-state index contributed by atoms with van der Waals surface area (Å²) in [6.07, 6.45) is 1.10. The van der Waals surface area contributed by atoms with E-state index in [4.69, 9.17) is 9.47 Å². The zero-order chi connectivity index (χ0) is 13.0. The standard InChI is InChI=1S/C13H14O5/c1-16-12(14)9-4-6-10(7-5-9)18-13(15)11-3-2-8-17-11/h4-7,11H,2-3,8H2,1H3. The van der Waals surface area contributed by atoms with Gasteiger partial charge in [0, 0.05) is 6.61 Å². The second-order valence-corrected chi connectivity index (χ2v) is 3.94. The van der Waals surface area contributed by atoms with Gasteiger partial charge in [-0.3, -0.25) is 0 Å². The van der Waals surface area contributed by atoms with E-state index < -0.39 is 18.0 Å². The Bertz CT molecular complexity index is 431. The smallest absolute Gasteiger partial charge is 0.340 e. The highest BCUT2D eigenvalue weighted by Crippen LogP contribution is 2.17. The predicted octanol–water partition coefficient (Wildman–Crippen LogP) is 1.56. The molecule has 18 heavy (non-hydrogen) atoms. The van der Waals surface area contributed by atoms with Crippen LogP contribution in [-0.4, -0.2) is 31.8 Å². The molecule has 1 atom stereocenters. The zero-order valence-corrected chi connectivity index (χ0v) is 10.0. The largest absolute Gasteiger partial charge is 0.465 e. The molecular formula is C13H14O5. The van der Waals surface area contributed by atoms with Gasteiger partial charge in [-0.15, -0.1) is 0 Å². The third kappa shape index (κ3) is 2.87. The normalized spacial score (nSPS) is 18.4. The molecule has 0 aliphatic carbocycles. The van der Waals surface area contributed by atoms with Crippen molar-refractivity contribution in [2.24, 2.45) is 0 Å². The lowest BCUT2D eigenvalue weighted by molar-refractivity contribution is -0.144. The Balaban J connectivity index is 1.97. The minimum atomic E-state index is -0.467.